The zero-order chi connectivity index (χ0) is 47.2. The molecule has 65 heavy (non-hydrogen) atoms. The normalized spacial score (nSPS) is 35.4. The van der Waals surface area contributed by atoms with Gasteiger partial charge in [-0.2, -0.15) is 0 Å². The first-order valence-electron chi connectivity index (χ1n) is 22.4. The molecular formula is C46H60N6O13. The Labute approximate surface area is 376 Å². The molecule has 7 aliphatic rings. The van der Waals surface area contributed by atoms with E-state index in [0.29, 0.717) is 34.9 Å². The monoisotopic (exact) mass is 904 g/mol. The summed E-state index contributed by atoms with van der Waals surface area (Å²) in [5.74, 6) is -7.57. The highest BCUT2D eigenvalue weighted by atomic mass is 16.5. The fourth-order valence-corrected chi connectivity index (χ4v) is 12.4. The summed E-state index contributed by atoms with van der Waals surface area (Å²) in [5, 5.41) is 16.9. The molecule has 19 heteroatoms. The largest absolute Gasteiger partial charge is 0.481 e. The number of primary amides is 1. The fourth-order valence-electron chi connectivity index (χ4n) is 12.4. The molecule has 5 N–H and O–H groups in total. The quantitative estimate of drug-likeness (QED) is 0.136. The van der Waals surface area contributed by atoms with Gasteiger partial charge < -0.3 is 40.4 Å². The van der Waals surface area contributed by atoms with E-state index in [1.54, 1.807) is 6.08 Å². The summed E-state index contributed by atoms with van der Waals surface area (Å²) in [6, 6.07) is -1.29. The number of Topliss-reactive ketones (excluding diaryl/α,β-unsaturated/α-hetero) is 1. The summed E-state index contributed by atoms with van der Waals surface area (Å²) >= 11 is 0. The molecule has 0 aromatic heterocycles. The molecule has 11 atom stereocenters. The number of rotatable bonds is 15. The number of methoxy groups -OCH3 is 4. The molecular weight excluding hydrogens is 845 g/mol. The Bertz CT molecular complexity index is 2230. The second kappa shape index (κ2) is 18.3. The van der Waals surface area contributed by atoms with E-state index in [1.807, 2.05) is 13.8 Å². The zero-order valence-electron chi connectivity index (χ0n) is 37.9. The van der Waals surface area contributed by atoms with E-state index in [2.05, 4.69) is 10.6 Å². The molecule has 6 heterocycles. The number of ether oxygens (including phenoxy) is 4. The summed E-state index contributed by atoms with van der Waals surface area (Å²) in [5.41, 5.74) is 5.30. The minimum atomic E-state index is -1.25. The number of nitrogens with two attached hydrogens (primary N) is 1. The lowest BCUT2D eigenvalue weighted by Gasteiger charge is -2.42. The molecule has 0 radical (unpaired) electrons. The van der Waals surface area contributed by atoms with Gasteiger partial charge in [0.05, 0.1) is 70.3 Å². The van der Waals surface area contributed by atoms with Gasteiger partial charge in [0.1, 0.15) is 5.66 Å². The van der Waals surface area contributed by atoms with Crippen LogP contribution in [-0.4, -0.2) is 116 Å². The number of carboxylic acids is 1. The second-order valence-corrected chi connectivity index (χ2v) is 19.1. The fraction of sp³-hybridized carbons (Fsp3) is 0.674. The van der Waals surface area contributed by atoms with Crippen molar-refractivity contribution >= 4 is 64.6 Å². The van der Waals surface area contributed by atoms with Crippen LogP contribution >= 0.6 is 0 Å². The first-order valence-corrected chi connectivity index (χ1v) is 22.4. The molecule has 2 amide bonds. The molecule has 352 valence electrons. The van der Waals surface area contributed by atoms with Crippen molar-refractivity contribution in [2.24, 2.45) is 67.0 Å². The average Bonchev–Trinajstić information content (AvgIpc) is 3.95. The van der Waals surface area contributed by atoms with E-state index >= 15 is 0 Å². The predicted octanol–water partition coefficient (Wildman–Crippen LogP) is 2.68. The molecule has 8 bridgehead atoms. The minimum absolute atomic E-state index is 0.00971. The van der Waals surface area contributed by atoms with E-state index in [0.717, 1.165) is 0 Å². The van der Waals surface area contributed by atoms with Crippen LogP contribution in [0.4, 0.5) is 0 Å². The SMILES string of the molecule is COC(=O)CC[C@@H]1/C2=C3\C(=O)CC[C@@H]4C3=N[C@H](CC3=N[C@@H](C[C@]56NC(=O)C[C@@]5(C)[C@H](CCC(=O)O)C(=CC(=N2)[C@H]1CC(=O)OC)N6)[C@@H](CCC(=O)OC)[C@]3(C)CC(N)=O)[C@H]4CC(=O)OC. The van der Waals surface area contributed by atoms with Crippen LogP contribution in [0.1, 0.15) is 104 Å². The Morgan fingerprint density at radius 1 is 0.831 bits per heavy atom. The number of amides is 2. The summed E-state index contributed by atoms with van der Waals surface area (Å²) in [6.45, 7) is 3.82. The summed E-state index contributed by atoms with van der Waals surface area (Å²) in [6.07, 6.45) is 2.33. The standard InChI is InChI=1S/C46H60N6O13/c1-44(20-34(47)54)26(10-14-38(59)63-4)31-19-46-45(2,21-35(55)52-46)27(9-12-36(56)57)30(51-46)17-28-24(15-39(60)64-5)23(8-13-37(58)62-3)43(49-28)41-32(53)11-7-22-25(16-40(61)65-6)29(50-42(22)41)18-33(44)48-31/h17,22-27,29,31,51H,7-16,18-21H2,1-6H3,(H2,47,54)(H,52,55)(H,56,57)/b30-17?,43-41-/t22-,23-,24-,25-,26+,27+,29+,31-,44-,45-,46-/m0/s1. The van der Waals surface area contributed by atoms with Crippen molar-refractivity contribution in [3.05, 3.63) is 23.0 Å². The smallest absolute Gasteiger partial charge is 0.306 e. The highest BCUT2D eigenvalue weighted by Crippen LogP contribution is 2.59. The number of ketones is 1. The van der Waals surface area contributed by atoms with Gasteiger partial charge >= 0.3 is 29.8 Å². The Morgan fingerprint density at radius 3 is 2.14 bits per heavy atom. The first kappa shape index (κ1) is 47.2. The molecule has 1 saturated carbocycles. The lowest BCUT2D eigenvalue weighted by atomic mass is 9.63. The van der Waals surface area contributed by atoms with E-state index in [9.17, 15) is 43.5 Å². The van der Waals surface area contributed by atoms with Crippen LogP contribution in [0.15, 0.2) is 38.0 Å². The average molecular weight is 905 g/mol. The Hall–Kier alpha value is -5.75. The molecule has 1 spiro atoms. The van der Waals surface area contributed by atoms with Gasteiger partial charge in [-0.15, -0.1) is 0 Å². The molecule has 6 aliphatic heterocycles. The number of hydrogen-bond acceptors (Lipinski definition) is 16. The number of allylic oxidation sites excluding steroid dienone is 4. The highest BCUT2D eigenvalue weighted by Gasteiger charge is 2.66. The van der Waals surface area contributed by atoms with Crippen molar-refractivity contribution in [1.29, 1.82) is 0 Å². The van der Waals surface area contributed by atoms with Crippen molar-refractivity contribution in [2.75, 3.05) is 28.4 Å². The van der Waals surface area contributed by atoms with E-state index < -0.39 is 99.8 Å². The van der Waals surface area contributed by atoms with E-state index in [1.165, 1.54) is 28.4 Å². The molecule has 7 rings (SSSR count). The van der Waals surface area contributed by atoms with Crippen molar-refractivity contribution < 1.29 is 62.4 Å². The number of carboxylic acid groups (broad SMARTS) is 1. The number of carbonyl (C=O) groups excluding carboxylic acids is 7. The van der Waals surface area contributed by atoms with Crippen LogP contribution in [0.2, 0.25) is 0 Å². The number of esters is 4. The van der Waals surface area contributed by atoms with Crippen molar-refractivity contribution in [2.45, 2.75) is 121 Å². The second-order valence-electron chi connectivity index (χ2n) is 19.1. The highest BCUT2D eigenvalue weighted by molar-refractivity contribution is 6.26. The van der Waals surface area contributed by atoms with Gasteiger partial charge in [-0.05, 0) is 37.7 Å². The molecule has 2 saturated heterocycles. The van der Waals surface area contributed by atoms with Gasteiger partial charge in [-0.3, -0.25) is 53.3 Å². The van der Waals surface area contributed by atoms with E-state index in [4.69, 9.17) is 39.7 Å². The van der Waals surface area contributed by atoms with Crippen molar-refractivity contribution in [1.82, 2.24) is 10.6 Å². The van der Waals surface area contributed by atoms with E-state index in [-0.39, 0.29) is 101 Å². The van der Waals surface area contributed by atoms with Crippen LogP contribution in [0.5, 0.6) is 0 Å². The van der Waals surface area contributed by atoms with Crippen molar-refractivity contribution in [3.8, 4) is 0 Å². The summed E-state index contributed by atoms with van der Waals surface area (Å²) in [4.78, 5) is 122. The number of fused-ring (bicyclic) bond motifs is 4. The lowest BCUT2D eigenvalue weighted by Crippen LogP contribution is -2.59. The molecule has 1 aliphatic carbocycles. The number of aliphatic imine (C=N–C) groups is 3. The van der Waals surface area contributed by atoms with Crippen molar-refractivity contribution in [3.63, 3.8) is 0 Å². The van der Waals surface area contributed by atoms with Gasteiger partial charge in [0.15, 0.2) is 5.78 Å². The minimum Gasteiger partial charge on any atom is -0.481 e. The molecule has 19 nitrogen and oxygen atoms in total. The number of aliphatic carboxylic acids is 1. The van der Waals surface area contributed by atoms with Gasteiger partial charge in [-0.25, -0.2) is 0 Å². The van der Waals surface area contributed by atoms with Crippen LogP contribution in [0.3, 0.4) is 0 Å². The van der Waals surface area contributed by atoms with Crippen LogP contribution in [-0.2, 0) is 57.3 Å². The Morgan fingerprint density at radius 2 is 1.49 bits per heavy atom. The van der Waals surface area contributed by atoms with Crippen LogP contribution in [0, 0.1) is 46.3 Å². The first-order chi connectivity index (χ1) is 30.8. The topological polar surface area (TPSA) is 281 Å². The number of carbonyl (C=O) groups is 8. The number of nitrogens with zero attached hydrogens (tertiary/aromatic N) is 3. The van der Waals surface area contributed by atoms with Crippen LogP contribution < -0.4 is 16.4 Å². The maximum atomic E-state index is 14.5. The van der Waals surface area contributed by atoms with Gasteiger partial charge in [0.25, 0.3) is 0 Å². The summed E-state index contributed by atoms with van der Waals surface area (Å²) in [7, 11) is 5.13. The Kier molecular flexibility index (Phi) is 13.3. The molecule has 0 aromatic carbocycles. The van der Waals surface area contributed by atoms with Gasteiger partial charge in [0.2, 0.25) is 11.8 Å². The third-order valence-corrected chi connectivity index (χ3v) is 15.7. The number of nitrogens with one attached hydrogen (secondary N) is 2. The maximum absolute atomic E-state index is 14.5. The Balaban J connectivity index is 1.52. The third kappa shape index (κ3) is 8.62. The van der Waals surface area contributed by atoms with Gasteiger partial charge in [-0.1, -0.05) is 13.8 Å². The molecule has 0 unspecified atom stereocenters. The number of hydrogen-bond donors (Lipinski definition) is 4. The van der Waals surface area contributed by atoms with Gasteiger partial charge in [0, 0.05) is 109 Å². The molecule has 0 aromatic rings. The zero-order valence-corrected chi connectivity index (χ0v) is 37.9. The summed E-state index contributed by atoms with van der Waals surface area (Å²) < 4.78 is 20.5. The predicted molar refractivity (Wildman–Crippen MR) is 231 cm³/mol. The third-order valence-electron chi connectivity index (χ3n) is 15.7. The molecule has 3 fully saturated rings. The van der Waals surface area contributed by atoms with Crippen LogP contribution in [0.25, 0.3) is 0 Å². The lowest BCUT2D eigenvalue weighted by molar-refractivity contribution is -0.143. The maximum Gasteiger partial charge on any atom is 0.306 e.